The van der Waals surface area contributed by atoms with Gasteiger partial charge in [0.25, 0.3) is 0 Å². The molecule has 0 aliphatic rings. The second-order valence-corrected chi connectivity index (χ2v) is 11.7. The van der Waals surface area contributed by atoms with Gasteiger partial charge in [0, 0.05) is 6.08 Å². The summed E-state index contributed by atoms with van der Waals surface area (Å²) in [4.78, 5) is 12.2. The minimum atomic E-state index is -4.69. The maximum atomic E-state index is 12.2. The lowest BCUT2D eigenvalue weighted by Crippen LogP contribution is -2.58. The summed E-state index contributed by atoms with van der Waals surface area (Å²) in [6, 6.07) is 40.5. The molecule has 0 aliphatic carbocycles. The fraction of sp³-hybridized carbons (Fsp3) is 0. The normalized spacial score (nSPS) is 11.7. The van der Waals surface area contributed by atoms with Crippen LogP contribution >= 0.6 is 7.26 Å². The first-order valence-corrected chi connectivity index (χ1v) is 13.8. The van der Waals surface area contributed by atoms with Gasteiger partial charge in [-0.15, -0.1) is 0 Å². The van der Waals surface area contributed by atoms with Crippen LogP contribution in [0.5, 0.6) is 0 Å². The van der Waals surface area contributed by atoms with Gasteiger partial charge in [0.15, 0.2) is 12.7 Å². The van der Waals surface area contributed by atoms with Crippen LogP contribution in [0.2, 0.25) is 0 Å². The van der Waals surface area contributed by atoms with E-state index in [-0.39, 0.29) is 0 Å². The molecule has 7 nitrogen and oxygen atoms in total. The second-order valence-electron chi connectivity index (χ2n) is 7.50. The van der Waals surface area contributed by atoms with Gasteiger partial charge >= 0.3 is 6.03 Å². The SMILES string of the molecule is NC(=O)N/C(=C\c1ccccc1)[P+](c1ccccc1)(c1ccccc1)c1ccccc1.[O-][Cl+3]([O-])([O-])O. The molecule has 0 aromatic heterocycles. The van der Waals surface area contributed by atoms with E-state index in [1.807, 2.05) is 91.0 Å². The monoisotopic (exact) mass is 523 g/mol. The second kappa shape index (κ2) is 12.4. The van der Waals surface area contributed by atoms with Crippen LogP contribution < -0.4 is 40.9 Å². The standard InChI is InChI=1S/C27H23N2OP.ClHO4/c28-27(30)29-26(21-22-13-5-1-6-14-22)31(23-15-7-2-8-16-23,24-17-9-3-10-18-24)25-19-11-4-12-20-25;2-1(3,4)5/h1-21H,(H2-,28,29,30);(H,2,3,4,5)/p+1/b26-21+;. The minimum absolute atomic E-state index is 0.575. The average molecular weight is 524 g/mol. The quantitative estimate of drug-likeness (QED) is 0.316. The van der Waals surface area contributed by atoms with Crippen molar-refractivity contribution in [1.29, 1.82) is 0 Å². The molecule has 4 aromatic rings. The largest absolute Gasteiger partial charge is 0.351 e. The Morgan fingerprint density at radius 2 is 1.00 bits per heavy atom. The number of rotatable bonds is 6. The number of hydrogen-bond donors (Lipinski definition) is 3. The van der Waals surface area contributed by atoms with Crippen molar-refractivity contribution in [2.45, 2.75) is 0 Å². The van der Waals surface area contributed by atoms with Gasteiger partial charge in [0.2, 0.25) is 0 Å². The van der Waals surface area contributed by atoms with E-state index in [2.05, 4.69) is 41.7 Å². The van der Waals surface area contributed by atoms with E-state index in [0.29, 0.717) is 0 Å². The van der Waals surface area contributed by atoms with E-state index in [9.17, 15) is 4.79 Å². The van der Waals surface area contributed by atoms with Crippen molar-refractivity contribution in [3.8, 4) is 0 Å². The van der Waals surface area contributed by atoms with Crippen molar-refractivity contribution in [3.63, 3.8) is 0 Å². The predicted molar refractivity (Wildman–Crippen MR) is 135 cm³/mol. The number of nitrogens with two attached hydrogens (primary N) is 1. The molecule has 0 unspecified atom stereocenters. The number of urea groups is 1. The molecule has 4 aromatic carbocycles. The van der Waals surface area contributed by atoms with E-state index >= 15 is 0 Å². The first-order valence-electron chi connectivity index (χ1n) is 10.7. The van der Waals surface area contributed by atoms with Gasteiger partial charge in [-0.1, -0.05) is 84.9 Å². The van der Waals surface area contributed by atoms with Gasteiger partial charge in [-0.05, 0) is 42.0 Å². The van der Waals surface area contributed by atoms with Crippen LogP contribution in [-0.4, -0.2) is 10.7 Å². The third-order valence-corrected chi connectivity index (χ3v) is 9.33. The van der Waals surface area contributed by atoms with Gasteiger partial charge in [-0.2, -0.15) is 14.0 Å². The average Bonchev–Trinajstić information content (AvgIpc) is 2.86. The molecule has 0 fully saturated rings. The smallest absolute Gasteiger partial charge is 0.319 e. The molecule has 0 atom stereocenters. The summed E-state index contributed by atoms with van der Waals surface area (Å²) in [5, 5.41) is 6.44. The number of halogens is 1. The molecule has 0 spiro atoms. The number of primary amides is 1. The molecule has 0 radical (unpaired) electrons. The Kier molecular flexibility index (Phi) is 9.33. The Labute approximate surface area is 212 Å². The van der Waals surface area contributed by atoms with E-state index in [0.717, 1.165) is 26.9 Å². The van der Waals surface area contributed by atoms with Crippen LogP contribution in [0.3, 0.4) is 0 Å². The predicted octanol–water partition coefficient (Wildman–Crippen LogP) is 0.523. The summed E-state index contributed by atoms with van der Waals surface area (Å²) in [7, 11) is -7.13. The topological polar surface area (TPSA) is 145 Å². The van der Waals surface area contributed by atoms with Crippen LogP contribution in [0.15, 0.2) is 127 Å². The molecule has 36 heavy (non-hydrogen) atoms. The Hall–Kier alpha value is -3.55. The lowest BCUT2D eigenvalue weighted by Gasteiger charge is -2.29. The molecule has 0 bridgehead atoms. The number of carbonyl (C=O) groups is 1. The van der Waals surface area contributed by atoms with Gasteiger partial charge in [0.05, 0.1) is 14.9 Å². The lowest BCUT2D eigenvalue weighted by molar-refractivity contribution is -1.92. The molecular weight excluding hydrogens is 499 g/mol. The van der Waals surface area contributed by atoms with Gasteiger partial charge < -0.3 is 5.73 Å². The summed E-state index contributed by atoms with van der Waals surface area (Å²) in [5.41, 5.74) is 7.50. The van der Waals surface area contributed by atoms with Crippen molar-refractivity contribution in [2.75, 3.05) is 0 Å². The first kappa shape index (κ1) is 27.0. The molecule has 9 heteroatoms. The van der Waals surface area contributed by atoms with Gasteiger partial charge in [0.1, 0.15) is 15.9 Å². The molecule has 4 N–H and O–H groups in total. The Morgan fingerprint density at radius 3 is 1.31 bits per heavy atom. The summed E-state index contributed by atoms with van der Waals surface area (Å²) >= 11 is 0. The maximum Gasteiger partial charge on any atom is 0.319 e. The highest BCUT2D eigenvalue weighted by Gasteiger charge is 2.50. The van der Waals surface area contributed by atoms with Gasteiger partial charge in [-0.3, -0.25) is 5.32 Å². The first-order chi connectivity index (χ1) is 17.2. The minimum Gasteiger partial charge on any atom is -0.351 e. The molecule has 0 aliphatic heterocycles. The maximum absolute atomic E-state index is 12.2. The Balaban J connectivity index is 0.000000658. The summed E-state index contributed by atoms with van der Waals surface area (Å²) in [6.45, 7) is 0. The number of benzene rings is 4. The van der Waals surface area contributed by atoms with E-state index < -0.39 is 23.5 Å². The molecule has 2 amide bonds. The van der Waals surface area contributed by atoms with Crippen LogP contribution in [0, 0.1) is 10.2 Å². The summed E-state index contributed by atoms with van der Waals surface area (Å²) < 4.78 is 32.7. The molecule has 0 saturated heterocycles. The Morgan fingerprint density at radius 1 is 0.694 bits per heavy atom. The lowest BCUT2D eigenvalue weighted by atomic mass is 10.2. The highest BCUT2D eigenvalue weighted by molar-refractivity contribution is 7.99. The zero-order valence-corrected chi connectivity index (χ0v) is 20.8. The van der Waals surface area contributed by atoms with Crippen LogP contribution in [0.1, 0.15) is 5.56 Å². The van der Waals surface area contributed by atoms with Crippen LogP contribution in [-0.2, 0) is 0 Å². The van der Waals surface area contributed by atoms with E-state index in [4.69, 9.17) is 24.4 Å². The zero-order valence-electron chi connectivity index (χ0n) is 19.1. The van der Waals surface area contributed by atoms with Crippen molar-refractivity contribution >= 4 is 35.3 Å². The van der Waals surface area contributed by atoms with Crippen molar-refractivity contribution < 1.29 is 33.7 Å². The Bertz CT molecular complexity index is 1170. The zero-order chi connectivity index (χ0) is 26.0. The highest BCUT2D eigenvalue weighted by Crippen LogP contribution is 2.61. The van der Waals surface area contributed by atoms with Crippen molar-refractivity contribution in [1.82, 2.24) is 5.32 Å². The van der Waals surface area contributed by atoms with E-state index in [1.165, 1.54) is 0 Å². The van der Waals surface area contributed by atoms with Crippen LogP contribution in [0.25, 0.3) is 6.08 Å². The molecule has 0 saturated carbocycles. The van der Waals surface area contributed by atoms with Crippen molar-refractivity contribution in [3.05, 3.63) is 132 Å². The van der Waals surface area contributed by atoms with Crippen LogP contribution in [0.4, 0.5) is 4.79 Å². The van der Waals surface area contributed by atoms with Gasteiger partial charge in [-0.25, -0.2) is 4.79 Å². The summed E-state index contributed by atoms with van der Waals surface area (Å²) in [6.07, 6.45) is 2.05. The summed E-state index contributed by atoms with van der Waals surface area (Å²) in [5.74, 6) is 0. The highest BCUT2D eigenvalue weighted by atomic mass is 35.7. The number of amides is 2. The third kappa shape index (κ3) is 7.23. The number of carbonyl (C=O) groups excluding carboxylic acids is 1. The molecule has 184 valence electrons. The molecule has 4 rings (SSSR count). The number of hydrogen-bond acceptors (Lipinski definition) is 5. The van der Waals surface area contributed by atoms with E-state index in [1.54, 1.807) is 0 Å². The third-order valence-electron chi connectivity index (χ3n) is 5.15. The molecular formula is C27H25ClN2O5P+. The fourth-order valence-corrected chi connectivity index (χ4v) is 8.08. The fourth-order valence-electron chi connectivity index (χ4n) is 3.87. The number of nitrogens with one attached hydrogen (secondary N) is 1. The van der Waals surface area contributed by atoms with Crippen molar-refractivity contribution in [2.24, 2.45) is 5.73 Å². The molecule has 0 heterocycles.